The molecule has 0 aliphatic heterocycles. The summed E-state index contributed by atoms with van der Waals surface area (Å²) in [6, 6.07) is 0. The minimum atomic E-state index is 0.325. The van der Waals surface area contributed by atoms with Crippen LogP contribution in [0.15, 0.2) is 23.6 Å². The summed E-state index contributed by atoms with van der Waals surface area (Å²) >= 11 is 0. The van der Waals surface area contributed by atoms with Crippen molar-refractivity contribution in [1.82, 2.24) is 0 Å². The van der Waals surface area contributed by atoms with E-state index in [9.17, 15) is 0 Å². The van der Waals surface area contributed by atoms with Crippen LogP contribution >= 0.6 is 0 Å². The number of hydrogen-bond donors (Lipinski definition) is 0. The maximum absolute atomic E-state index is 2.94. The molecule has 0 radical (unpaired) electrons. The molecule has 0 nitrogen and oxygen atoms in total. The zero-order chi connectivity index (χ0) is 6.04. The van der Waals surface area contributed by atoms with E-state index in [2.05, 4.69) is 31.4 Å². The summed E-state index contributed by atoms with van der Waals surface area (Å²) in [5.74, 6) is 0. The predicted octanol–water partition coefficient (Wildman–Crippen LogP) is 2.28. The Kier molecular flexibility index (Phi) is 1.13. The van der Waals surface area contributed by atoms with Gasteiger partial charge < -0.3 is 0 Å². The van der Waals surface area contributed by atoms with Gasteiger partial charge in [-0.2, -0.15) is 0 Å². The van der Waals surface area contributed by atoms with Crippen molar-refractivity contribution in [2.75, 3.05) is 0 Å². The van der Waals surface area contributed by atoms with Gasteiger partial charge in [0.05, 0.1) is 0 Å². The first kappa shape index (κ1) is 5.44. The monoisotopic (exact) mass is 106 g/mol. The second-order valence-electron chi connectivity index (χ2n) is 2.83. The van der Waals surface area contributed by atoms with Gasteiger partial charge in [-0.1, -0.05) is 25.3 Å². The van der Waals surface area contributed by atoms with Crippen LogP contribution < -0.4 is 0 Å². The van der Waals surface area contributed by atoms with Crippen LogP contribution in [0.25, 0.3) is 0 Å². The number of rotatable bonds is 0. The van der Waals surface area contributed by atoms with E-state index < -0.39 is 0 Å². The SMILES string of the molecule is CC1(C)C=C=C=CC1. The first-order valence-corrected chi connectivity index (χ1v) is 2.88. The molecule has 0 aromatic heterocycles. The molecule has 0 unspecified atom stereocenters. The maximum atomic E-state index is 2.94. The standard InChI is InChI=1S/C8H10/c1-8(2)6-4-3-5-7-8/h4,7H,6H2,1-2H3. The summed E-state index contributed by atoms with van der Waals surface area (Å²) in [6.45, 7) is 4.38. The van der Waals surface area contributed by atoms with Gasteiger partial charge in [0.2, 0.25) is 0 Å². The number of hydrogen-bond acceptors (Lipinski definition) is 0. The average molecular weight is 106 g/mol. The van der Waals surface area contributed by atoms with E-state index in [4.69, 9.17) is 0 Å². The Morgan fingerprint density at radius 2 is 2.12 bits per heavy atom. The minimum Gasteiger partial charge on any atom is -0.0749 e. The molecule has 1 aliphatic carbocycles. The van der Waals surface area contributed by atoms with Crippen LogP contribution in [0.3, 0.4) is 0 Å². The van der Waals surface area contributed by atoms with E-state index in [0.29, 0.717) is 5.41 Å². The molecule has 0 N–H and O–H groups in total. The molecule has 0 spiro atoms. The minimum absolute atomic E-state index is 0.325. The maximum Gasteiger partial charge on any atom is -0.00519 e. The van der Waals surface area contributed by atoms with Gasteiger partial charge in [-0.3, -0.25) is 0 Å². The molecule has 0 bridgehead atoms. The lowest BCUT2D eigenvalue weighted by atomic mass is 9.88. The zero-order valence-corrected chi connectivity index (χ0v) is 5.36. The molecule has 0 aromatic carbocycles. The van der Waals surface area contributed by atoms with Crippen LogP contribution in [0, 0.1) is 5.41 Å². The fraction of sp³-hybridized carbons (Fsp3) is 0.500. The third-order valence-corrected chi connectivity index (χ3v) is 1.28. The molecule has 8 heavy (non-hydrogen) atoms. The molecular formula is C8H10. The quantitative estimate of drug-likeness (QED) is 0.415. The van der Waals surface area contributed by atoms with E-state index in [1.54, 1.807) is 0 Å². The van der Waals surface area contributed by atoms with E-state index in [1.165, 1.54) is 0 Å². The van der Waals surface area contributed by atoms with Gasteiger partial charge in [-0.05, 0) is 24.0 Å². The summed E-state index contributed by atoms with van der Waals surface area (Å²) in [7, 11) is 0. The second-order valence-corrected chi connectivity index (χ2v) is 2.83. The Bertz CT molecular complexity index is 172. The first-order valence-electron chi connectivity index (χ1n) is 2.88. The van der Waals surface area contributed by atoms with E-state index >= 15 is 0 Å². The highest BCUT2D eigenvalue weighted by Crippen LogP contribution is 2.22. The molecule has 1 rings (SSSR count). The Hall–Kier alpha value is -0.700. The molecule has 0 fully saturated rings. The smallest absolute Gasteiger partial charge is 0.00519 e. The molecule has 0 atom stereocenters. The van der Waals surface area contributed by atoms with Gasteiger partial charge in [0.1, 0.15) is 0 Å². The zero-order valence-electron chi connectivity index (χ0n) is 5.36. The summed E-state index contributed by atoms with van der Waals surface area (Å²) < 4.78 is 0. The number of allylic oxidation sites excluding steroid dienone is 2. The van der Waals surface area contributed by atoms with E-state index in [0.717, 1.165) is 6.42 Å². The highest BCUT2D eigenvalue weighted by Gasteiger charge is 2.11. The van der Waals surface area contributed by atoms with Gasteiger partial charge in [-0.25, -0.2) is 0 Å². The average Bonchev–Trinajstić information content (AvgIpc) is 1.65. The van der Waals surface area contributed by atoms with Crippen molar-refractivity contribution in [2.24, 2.45) is 5.41 Å². The normalized spacial score (nSPS) is 21.8. The van der Waals surface area contributed by atoms with Crippen molar-refractivity contribution in [1.29, 1.82) is 0 Å². The van der Waals surface area contributed by atoms with E-state index in [1.807, 2.05) is 6.08 Å². The Labute approximate surface area is 50.2 Å². The fourth-order valence-corrected chi connectivity index (χ4v) is 0.669. The highest BCUT2D eigenvalue weighted by atomic mass is 14.1. The lowest BCUT2D eigenvalue weighted by Crippen LogP contribution is -2.05. The summed E-state index contributed by atoms with van der Waals surface area (Å²) in [6.07, 6.45) is 5.19. The second kappa shape index (κ2) is 1.67. The molecule has 0 heteroatoms. The Morgan fingerprint density at radius 3 is 2.38 bits per heavy atom. The largest absolute Gasteiger partial charge is 0.0749 e. The van der Waals surface area contributed by atoms with Crippen molar-refractivity contribution >= 4 is 0 Å². The van der Waals surface area contributed by atoms with Crippen LogP contribution in [0.4, 0.5) is 0 Å². The third kappa shape index (κ3) is 1.13. The van der Waals surface area contributed by atoms with Gasteiger partial charge in [0.25, 0.3) is 0 Å². The molecule has 0 amide bonds. The van der Waals surface area contributed by atoms with E-state index in [-0.39, 0.29) is 0 Å². The van der Waals surface area contributed by atoms with Crippen molar-refractivity contribution in [2.45, 2.75) is 20.3 Å². The van der Waals surface area contributed by atoms with Crippen molar-refractivity contribution in [3.05, 3.63) is 23.6 Å². The predicted molar refractivity (Wildman–Crippen MR) is 34.6 cm³/mol. The molecule has 0 saturated carbocycles. The van der Waals surface area contributed by atoms with Crippen molar-refractivity contribution < 1.29 is 0 Å². The van der Waals surface area contributed by atoms with Crippen molar-refractivity contribution in [3.8, 4) is 0 Å². The molecular weight excluding hydrogens is 96.1 g/mol. The molecule has 1 aliphatic rings. The third-order valence-electron chi connectivity index (χ3n) is 1.28. The molecule has 0 heterocycles. The van der Waals surface area contributed by atoms with Crippen LogP contribution in [-0.4, -0.2) is 0 Å². The lowest BCUT2D eigenvalue weighted by Gasteiger charge is -2.16. The van der Waals surface area contributed by atoms with Gasteiger partial charge in [-0.15, -0.1) is 0 Å². The molecule has 42 valence electrons. The van der Waals surface area contributed by atoms with Crippen LogP contribution in [0.2, 0.25) is 0 Å². The van der Waals surface area contributed by atoms with Gasteiger partial charge >= 0.3 is 0 Å². The Balaban J connectivity index is 2.89. The first-order chi connectivity index (χ1) is 3.71. The summed E-state index contributed by atoms with van der Waals surface area (Å²) in [5, 5.41) is 0. The fourth-order valence-electron chi connectivity index (χ4n) is 0.669. The van der Waals surface area contributed by atoms with Crippen LogP contribution in [-0.2, 0) is 0 Å². The summed E-state index contributed by atoms with van der Waals surface area (Å²) in [4.78, 5) is 0. The van der Waals surface area contributed by atoms with Crippen LogP contribution in [0.1, 0.15) is 20.3 Å². The topological polar surface area (TPSA) is 0 Å². The van der Waals surface area contributed by atoms with Crippen LogP contribution in [0.5, 0.6) is 0 Å². The lowest BCUT2D eigenvalue weighted by molar-refractivity contribution is 0.487. The van der Waals surface area contributed by atoms with Crippen molar-refractivity contribution in [3.63, 3.8) is 0 Å². The summed E-state index contributed by atoms with van der Waals surface area (Å²) in [5.41, 5.74) is 6.18. The van der Waals surface area contributed by atoms with Gasteiger partial charge in [0.15, 0.2) is 0 Å². The Morgan fingerprint density at radius 1 is 1.38 bits per heavy atom. The highest BCUT2D eigenvalue weighted by molar-refractivity contribution is 5.03. The molecule has 0 saturated heterocycles. The molecule has 0 aromatic rings. The van der Waals surface area contributed by atoms with Gasteiger partial charge in [0, 0.05) is 0 Å².